The Hall–Kier alpha value is -2.16. The molecule has 1 saturated carbocycles. The Morgan fingerprint density at radius 3 is 2.60 bits per heavy atom. The summed E-state index contributed by atoms with van der Waals surface area (Å²) in [5.41, 5.74) is -0.704. The number of amides is 3. The first-order chi connectivity index (χ1) is 12.0. The molecule has 2 aromatic heterocycles. The molecule has 8 nitrogen and oxygen atoms in total. The highest BCUT2D eigenvalue weighted by Gasteiger charge is 2.55. The Balaban J connectivity index is 1.56. The van der Waals surface area contributed by atoms with E-state index in [1.807, 2.05) is 0 Å². The first-order valence-corrected chi connectivity index (χ1v) is 8.98. The van der Waals surface area contributed by atoms with Gasteiger partial charge in [0.2, 0.25) is 5.89 Å². The molecule has 3 amide bonds. The Morgan fingerprint density at radius 2 is 1.92 bits per heavy atom. The molecular weight excluding hydrogens is 392 g/mol. The minimum absolute atomic E-state index is 0.0291. The molecule has 1 saturated heterocycles. The van der Waals surface area contributed by atoms with E-state index in [2.05, 4.69) is 26.1 Å². The highest BCUT2D eigenvalue weighted by atomic mass is 79.9. The second-order valence-electron chi connectivity index (χ2n) is 6.43. The van der Waals surface area contributed by atoms with Crippen LogP contribution in [0.25, 0.3) is 11.7 Å². The molecule has 0 unspecified atom stereocenters. The number of carbonyl (C=O) groups excluding carboxylic acids is 2. The maximum Gasteiger partial charge on any atom is 0.327 e. The fraction of sp³-hybridized carbons (Fsp3) is 0.500. The zero-order valence-electron chi connectivity index (χ0n) is 13.7. The highest BCUT2D eigenvalue weighted by molar-refractivity contribution is 9.10. The molecule has 1 aliphatic carbocycles. The molecule has 1 spiro atoms. The van der Waals surface area contributed by atoms with Crippen LogP contribution in [-0.4, -0.2) is 44.5 Å². The van der Waals surface area contributed by atoms with Gasteiger partial charge in [-0.05, 0) is 40.9 Å². The molecule has 2 aliphatic rings. The van der Waals surface area contributed by atoms with Crippen LogP contribution in [0.15, 0.2) is 25.6 Å². The van der Waals surface area contributed by atoms with Crippen molar-refractivity contribution in [2.75, 3.05) is 7.05 Å². The van der Waals surface area contributed by atoms with Crippen molar-refractivity contribution in [3.05, 3.63) is 22.7 Å². The van der Waals surface area contributed by atoms with Gasteiger partial charge in [0.05, 0.1) is 0 Å². The predicted molar refractivity (Wildman–Crippen MR) is 89.2 cm³/mol. The average molecular weight is 409 g/mol. The molecular formula is C16H17BrN4O4. The zero-order chi connectivity index (χ0) is 17.6. The number of halogens is 1. The molecule has 0 aromatic carbocycles. The Morgan fingerprint density at radius 1 is 1.16 bits per heavy atom. The molecule has 2 fully saturated rings. The van der Waals surface area contributed by atoms with Crippen LogP contribution in [0.2, 0.25) is 0 Å². The lowest BCUT2D eigenvalue weighted by Crippen LogP contribution is -2.49. The maximum atomic E-state index is 12.9. The molecule has 25 heavy (non-hydrogen) atoms. The van der Waals surface area contributed by atoms with Crippen molar-refractivity contribution in [2.45, 2.75) is 44.2 Å². The van der Waals surface area contributed by atoms with Crippen molar-refractivity contribution in [3.63, 3.8) is 0 Å². The second kappa shape index (κ2) is 5.98. The fourth-order valence-electron chi connectivity index (χ4n) is 3.65. The third kappa shape index (κ3) is 2.57. The topological polar surface area (TPSA) is 92.7 Å². The maximum absolute atomic E-state index is 12.9. The summed E-state index contributed by atoms with van der Waals surface area (Å²) in [6, 6.07) is 3.10. The average Bonchev–Trinajstić information content (AvgIpc) is 3.30. The zero-order valence-corrected chi connectivity index (χ0v) is 15.3. The van der Waals surface area contributed by atoms with E-state index < -0.39 is 5.54 Å². The number of imide groups is 1. The first-order valence-electron chi connectivity index (χ1n) is 8.19. The van der Waals surface area contributed by atoms with Crippen molar-refractivity contribution in [2.24, 2.45) is 0 Å². The summed E-state index contributed by atoms with van der Waals surface area (Å²) in [7, 11) is 1.70. The summed E-state index contributed by atoms with van der Waals surface area (Å²) in [6.45, 7) is -0.0291. The minimum atomic E-state index is -0.704. The number of carbonyl (C=O) groups is 2. The van der Waals surface area contributed by atoms with Crippen LogP contribution in [0.3, 0.4) is 0 Å². The van der Waals surface area contributed by atoms with Gasteiger partial charge in [-0.15, -0.1) is 10.2 Å². The van der Waals surface area contributed by atoms with Crippen molar-refractivity contribution in [1.82, 2.24) is 20.0 Å². The summed E-state index contributed by atoms with van der Waals surface area (Å²) in [6.07, 6.45) is 4.42. The quantitative estimate of drug-likeness (QED) is 0.723. The molecule has 0 atom stereocenters. The SMILES string of the molecule is CN1C(=O)N(Cc2nnc(-c3ccc(Br)o3)o2)C(=O)C12CCCCC2. The van der Waals surface area contributed by atoms with Crippen molar-refractivity contribution in [3.8, 4) is 11.7 Å². The Labute approximate surface area is 152 Å². The lowest BCUT2D eigenvalue weighted by atomic mass is 9.81. The molecule has 0 N–H and O–H groups in total. The van der Waals surface area contributed by atoms with E-state index in [0.29, 0.717) is 23.3 Å². The van der Waals surface area contributed by atoms with Crippen molar-refractivity contribution in [1.29, 1.82) is 0 Å². The molecule has 3 heterocycles. The van der Waals surface area contributed by atoms with Crippen LogP contribution in [0, 0.1) is 0 Å². The largest absolute Gasteiger partial charge is 0.444 e. The molecule has 0 bridgehead atoms. The number of nitrogens with zero attached hydrogens (tertiary/aromatic N) is 4. The van der Waals surface area contributed by atoms with Crippen LogP contribution < -0.4 is 0 Å². The van der Waals surface area contributed by atoms with E-state index in [1.54, 1.807) is 24.1 Å². The molecule has 0 radical (unpaired) electrons. The third-order valence-corrected chi connectivity index (χ3v) is 5.45. The van der Waals surface area contributed by atoms with Crippen molar-refractivity contribution < 1.29 is 18.4 Å². The van der Waals surface area contributed by atoms with Gasteiger partial charge in [0, 0.05) is 7.05 Å². The molecule has 132 valence electrons. The predicted octanol–water partition coefficient (Wildman–Crippen LogP) is 3.19. The Bertz CT molecular complexity index is 824. The molecule has 9 heteroatoms. The van der Waals surface area contributed by atoms with Crippen LogP contribution in [0.4, 0.5) is 4.79 Å². The lowest BCUT2D eigenvalue weighted by molar-refractivity contribution is -0.135. The number of aromatic nitrogens is 2. The fourth-order valence-corrected chi connectivity index (χ4v) is 3.96. The lowest BCUT2D eigenvalue weighted by Gasteiger charge is -2.35. The normalized spacial score (nSPS) is 20.1. The number of furan rings is 1. The number of rotatable bonds is 3. The molecule has 2 aromatic rings. The van der Waals surface area contributed by atoms with E-state index in [4.69, 9.17) is 8.83 Å². The van der Waals surface area contributed by atoms with Gasteiger partial charge >= 0.3 is 6.03 Å². The van der Waals surface area contributed by atoms with Crippen molar-refractivity contribution >= 4 is 27.9 Å². The number of hydrogen-bond acceptors (Lipinski definition) is 6. The van der Waals surface area contributed by atoms with Crippen LogP contribution in [0.1, 0.15) is 38.0 Å². The van der Waals surface area contributed by atoms with Gasteiger partial charge in [-0.25, -0.2) is 4.79 Å². The van der Waals surface area contributed by atoms with Gasteiger partial charge in [0.1, 0.15) is 12.1 Å². The second-order valence-corrected chi connectivity index (χ2v) is 7.21. The van der Waals surface area contributed by atoms with Gasteiger partial charge in [-0.2, -0.15) is 0 Å². The minimum Gasteiger partial charge on any atom is -0.444 e. The van der Waals surface area contributed by atoms with E-state index in [1.165, 1.54) is 4.90 Å². The van der Waals surface area contributed by atoms with Gasteiger partial charge in [-0.1, -0.05) is 19.3 Å². The summed E-state index contributed by atoms with van der Waals surface area (Å²) in [4.78, 5) is 28.3. The van der Waals surface area contributed by atoms with Gasteiger partial charge < -0.3 is 13.7 Å². The summed E-state index contributed by atoms with van der Waals surface area (Å²) in [5, 5.41) is 7.86. The van der Waals surface area contributed by atoms with Crippen LogP contribution >= 0.6 is 15.9 Å². The highest BCUT2D eigenvalue weighted by Crippen LogP contribution is 2.40. The number of hydrogen-bond donors (Lipinski definition) is 0. The first kappa shape index (κ1) is 16.3. The van der Waals surface area contributed by atoms with E-state index in [9.17, 15) is 9.59 Å². The molecule has 1 aliphatic heterocycles. The van der Waals surface area contributed by atoms with E-state index in [-0.39, 0.29) is 30.3 Å². The van der Waals surface area contributed by atoms with Gasteiger partial charge in [0.25, 0.3) is 11.8 Å². The van der Waals surface area contributed by atoms with Crippen LogP contribution in [0.5, 0.6) is 0 Å². The molecule has 4 rings (SSSR count). The van der Waals surface area contributed by atoms with E-state index >= 15 is 0 Å². The van der Waals surface area contributed by atoms with E-state index in [0.717, 1.165) is 19.3 Å². The Kier molecular flexibility index (Phi) is 3.90. The number of urea groups is 1. The monoisotopic (exact) mass is 408 g/mol. The summed E-state index contributed by atoms with van der Waals surface area (Å²) in [5.74, 6) is 0.664. The third-order valence-electron chi connectivity index (χ3n) is 5.03. The summed E-state index contributed by atoms with van der Waals surface area (Å²) < 4.78 is 11.5. The van der Waals surface area contributed by atoms with Gasteiger partial charge in [-0.3, -0.25) is 9.69 Å². The number of likely N-dealkylation sites (N-methyl/N-ethyl adjacent to an activating group) is 1. The summed E-state index contributed by atoms with van der Waals surface area (Å²) >= 11 is 3.21. The van der Waals surface area contributed by atoms with Gasteiger partial charge in [0.15, 0.2) is 10.4 Å². The standard InChI is InChI=1S/C16H17BrN4O4/c1-20-15(23)21(14(22)16(20)7-3-2-4-8-16)9-12-18-19-13(25-12)10-5-6-11(17)24-10/h5-6H,2-4,7-9H2,1H3. The smallest absolute Gasteiger partial charge is 0.327 e. The van der Waals surface area contributed by atoms with Crippen LogP contribution in [-0.2, 0) is 11.3 Å².